The van der Waals surface area contributed by atoms with Crippen LogP contribution >= 0.6 is 11.3 Å². The molecule has 1 saturated heterocycles. The van der Waals surface area contributed by atoms with E-state index in [2.05, 4.69) is 0 Å². The molecular weight excluding hydrogens is 280 g/mol. The zero-order valence-corrected chi connectivity index (χ0v) is 12.1. The Hall–Kier alpha value is -1.44. The van der Waals surface area contributed by atoms with Crippen LogP contribution in [-0.2, 0) is 20.9 Å². The van der Waals surface area contributed by atoms with Gasteiger partial charge in [0.2, 0.25) is 5.91 Å². The normalized spacial score (nSPS) is 19.8. The maximum Gasteiger partial charge on any atom is 0.334 e. The van der Waals surface area contributed by atoms with Crippen molar-refractivity contribution >= 4 is 23.2 Å². The van der Waals surface area contributed by atoms with Gasteiger partial charge in [-0.2, -0.15) is 0 Å². The highest BCUT2D eigenvalue weighted by atomic mass is 32.1. The zero-order chi connectivity index (χ0) is 14.5. The molecule has 1 aromatic heterocycles. The number of hydrogen-bond donors (Lipinski definition) is 1. The number of hydrogen-bond acceptors (Lipinski definition) is 5. The molecule has 2 rings (SSSR count). The highest BCUT2D eigenvalue weighted by Gasteiger charge is 2.27. The molecule has 0 radical (unpaired) electrons. The topological polar surface area (TPSA) is 70.1 Å². The summed E-state index contributed by atoms with van der Waals surface area (Å²) in [6.07, 6.45) is -0.834. The number of carboxylic acids is 1. The van der Waals surface area contributed by atoms with E-state index in [4.69, 9.17) is 9.84 Å². The summed E-state index contributed by atoms with van der Waals surface area (Å²) in [5.41, 5.74) is 0. The molecule has 1 fully saturated rings. The number of nitrogens with zero attached hydrogens (tertiary/aromatic N) is 2. The van der Waals surface area contributed by atoms with Crippen LogP contribution in [0.4, 0.5) is 0 Å². The van der Waals surface area contributed by atoms with Crippen LogP contribution in [0, 0.1) is 0 Å². The van der Waals surface area contributed by atoms with Gasteiger partial charge in [-0.05, 0) is 11.4 Å². The summed E-state index contributed by atoms with van der Waals surface area (Å²) < 4.78 is 5.13. The number of aliphatic carboxylic acids is 1. The van der Waals surface area contributed by atoms with E-state index in [0.29, 0.717) is 19.7 Å². The molecule has 1 aromatic rings. The van der Waals surface area contributed by atoms with Crippen LogP contribution in [0.15, 0.2) is 17.5 Å². The van der Waals surface area contributed by atoms with Gasteiger partial charge in [-0.25, -0.2) is 4.79 Å². The lowest BCUT2D eigenvalue weighted by molar-refractivity contribution is -0.157. The van der Waals surface area contributed by atoms with Crippen molar-refractivity contribution in [1.82, 2.24) is 9.80 Å². The van der Waals surface area contributed by atoms with E-state index in [0.717, 1.165) is 4.88 Å². The number of likely N-dealkylation sites (N-methyl/N-ethyl adjacent to an activating group) is 1. The Morgan fingerprint density at radius 3 is 3.05 bits per heavy atom. The molecule has 1 N–H and O–H groups in total. The van der Waals surface area contributed by atoms with Gasteiger partial charge in [0.15, 0.2) is 6.10 Å². The lowest BCUT2D eigenvalue weighted by Gasteiger charge is -2.31. The molecule has 0 aliphatic carbocycles. The first-order valence-corrected chi connectivity index (χ1v) is 7.27. The molecule has 0 bridgehead atoms. The second-order valence-electron chi connectivity index (χ2n) is 4.76. The van der Waals surface area contributed by atoms with E-state index in [9.17, 15) is 9.59 Å². The van der Waals surface area contributed by atoms with Crippen molar-refractivity contribution in [2.75, 3.05) is 33.3 Å². The van der Waals surface area contributed by atoms with Gasteiger partial charge in [0, 0.05) is 25.0 Å². The average Bonchev–Trinajstić information content (AvgIpc) is 2.91. The lowest BCUT2D eigenvalue weighted by atomic mass is 10.2. The van der Waals surface area contributed by atoms with Crippen LogP contribution in [0.3, 0.4) is 0 Å². The molecule has 1 amide bonds. The number of ether oxygens (including phenoxy) is 1. The Bertz CT molecular complexity index is 463. The predicted octanol–water partition coefficient (Wildman–Crippen LogP) is 0.492. The van der Waals surface area contributed by atoms with Crippen molar-refractivity contribution in [1.29, 1.82) is 0 Å². The second kappa shape index (κ2) is 6.83. The molecule has 20 heavy (non-hydrogen) atoms. The number of carbonyl (C=O) groups excluding carboxylic acids is 1. The first kappa shape index (κ1) is 15.0. The van der Waals surface area contributed by atoms with Crippen molar-refractivity contribution in [2.24, 2.45) is 0 Å². The minimum Gasteiger partial charge on any atom is -0.479 e. The SMILES string of the molecule is CN(Cc1cccs1)C(=O)CN1CCOC(C(=O)O)C1. The maximum atomic E-state index is 12.1. The van der Waals surface area contributed by atoms with Crippen LogP contribution in [0.25, 0.3) is 0 Å². The van der Waals surface area contributed by atoms with Gasteiger partial charge in [0.25, 0.3) is 0 Å². The summed E-state index contributed by atoms with van der Waals surface area (Å²) >= 11 is 1.61. The van der Waals surface area contributed by atoms with E-state index >= 15 is 0 Å². The first-order valence-electron chi connectivity index (χ1n) is 6.39. The number of rotatable bonds is 5. The van der Waals surface area contributed by atoms with E-state index in [-0.39, 0.29) is 19.0 Å². The number of morpholine rings is 1. The van der Waals surface area contributed by atoms with Gasteiger partial charge in [0.1, 0.15) is 0 Å². The quantitative estimate of drug-likeness (QED) is 0.857. The molecular formula is C13H18N2O4S. The first-order chi connectivity index (χ1) is 9.56. The number of thiophene rings is 1. The standard InChI is InChI=1S/C13H18N2O4S/c1-14(7-10-3-2-6-20-10)12(16)9-15-4-5-19-11(8-15)13(17)18/h2-3,6,11H,4-5,7-9H2,1H3,(H,17,18). The third-order valence-corrected chi connectivity index (χ3v) is 4.04. The van der Waals surface area contributed by atoms with Gasteiger partial charge in [-0.15, -0.1) is 11.3 Å². The highest BCUT2D eigenvalue weighted by molar-refractivity contribution is 7.09. The molecule has 7 heteroatoms. The third kappa shape index (κ3) is 4.03. The van der Waals surface area contributed by atoms with E-state index in [1.807, 2.05) is 22.4 Å². The molecule has 110 valence electrons. The monoisotopic (exact) mass is 298 g/mol. The number of amides is 1. The third-order valence-electron chi connectivity index (χ3n) is 3.18. The van der Waals surface area contributed by atoms with Crippen molar-refractivity contribution in [3.8, 4) is 0 Å². The summed E-state index contributed by atoms with van der Waals surface area (Å²) in [5.74, 6) is -0.987. The van der Waals surface area contributed by atoms with Crippen LogP contribution < -0.4 is 0 Å². The summed E-state index contributed by atoms with van der Waals surface area (Å²) in [6.45, 7) is 2.01. The van der Waals surface area contributed by atoms with Gasteiger partial charge < -0.3 is 14.7 Å². The van der Waals surface area contributed by atoms with Crippen molar-refractivity contribution in [3.05, 3.63) is 22.4 Å². The van der Waals surface area contributed by atoms with E-state index < -0.39 is 12.1 Å². The van der Waals surface area contributed by atoms with Crippen LogP contribution in [0.2, 0.25) is 0 Å². The fourth-order valence-electron chi connectivity index (χ4n) is 2.03. The molecule has 6 nitrogen and oxygen atoms in total. The fraction of sp³-hybridized carbons (Fsp3) is 0.538. The minimum absolute atomic E-state index is 0.00978. The van der Waals surface area contributed by atoms with E-state index in [1.165, 1.54) is 0 Å². The minimum atomic E-state index is -0.978. The summed E-state index contributed by atoms with van der Waals surface area (Å²) in [4.78, 5) is 27.6. The molecule has 1 aliphatic rings. The average molecular weight is 298 g/mol. The zero-order valence-electron chi connectivity index (χ0n) is 11.3. The molecule has 0 spiro atoms. The molecule has 2 heterocycles. The summed E-state index contributed by atoms with van der Waals surface area (Å²) in [5, 5.41) is 10.9. The Balaban J connectivity index is 1.82. The van der Waals surface area contributed by atoms with Crippen LogP contribution in [0.5, 0.6) is 0 Å². The van der Waals surface area contributed by atoms with Crippen LogP contribution in [0.1, 0.15) is 4.88 Å². The summed E-state index contributed by atoms with van der Waals surface area (Å²) in [6, 6.07) is 3.95. The largest absolute Gasteiger partial charge is 0.479 e. The maximum absolute atomic E-state index is 12.1. The van der Waals surface area contributed by atoms with Gasteiger partial charge >= 0.3 is 5.97 Å². The van der Waals surface area contributed by atoms with Crippen molar-refractivity contribution in [3.63, 3.8) is 0 Å². The molecule has 1 aliphatic heterocycles. The number of carbonyl (C=O) groups is 2. The smallest absolute Gasteiger partial charge is 0.334 e. The van der Waals surface area contributed by atoms with Gasteiger partial charge in [-0.3, -0.25) is 9.69 Å². The summed E-state index contributed by atoms with van der Waals surface area (Å²) in [7, 11) is 1.76. The Labute approximate surface area is 121 Å². The Kier molecular flexibility index (Phi) is 5.11. The molecule has 0 aromatic carbocycles. The van der Waals surface area contributed by atoms with Crippen molar-refractivity contribution in [2.45, 2.75) is 12.6 Å². The second-order valence-corrected chi connectivity index (χ2v) is 5.79. The molecule has 1 atom stereocenters. The van der Waals surface area contributed by atoms with Crippen molar-refractivity contribution < 1.29 is 19.4 Å². The van der Waals surface area contributed by atoms with E-state index in [1.54, 1.807) is 23.3 Å². The Morgan fingerprint density at radius 1 is 1.60 bits per heavy atom. The lowest BCUT2D eigenvalue weighted by Crippen LogP contribution is -2.49. The molecule has 1 unspecified atom stereocenters. The fourth-order valence-corrected chi connectivity index (χ4v) is 2.79. The highest BCUT2D eigenvalue weighted by Crippen LogP contribution is 2.11. The van der Waals surface area contributed by atoms with Gasteiger partial charge in [0.05, 0.1) is 19.7 Å². The molecule has 0 saturated carbocycles. The van der Waals surface area contributed by atoms with Crippen LogP contribution in [-0.4, -0.2) is 66.2 Å². The predicted molar refractivity (Wildman–Crippen MR) is 74.6 cm³/mol. The Morgan fingerprint density at radius 2 is 2.40 bits per heavy atom. The number of carboxylic acid groups (broad SMARTS) is 1. The van der Waals surface area contributed by atoms with Gasteiger partial charge in [-0.1, -0.05) is 6.07 Å².